The van der Waals surface area contributed by atoms with Gasteiger partial charge < -0.3 is 18.9 Å². The molecule has 0 saturated carbocycles. The van der Waals surface area contributed by atoms with Crippen molar-refractivity contribution in [1.29, 1.82) is 0 Å². The van der Waals surface area contributed by atoms with Crippen molar-refractivity contribution in [2.24, 2.45) is 0 Å². The van der Waals surface area contributed by atoms with Crippen LogP contribution in [0.25, 0.3) is 0 Å². The average Bonchev–Trinajstić information content (AvgIpc) is 3.19. The average molecular weight is 495 g/mol. The number of hydrogen-bond donors (Lipinski definition) is 1. The Kier molecular flexibility index (Phi) is 7.35. The summed E-state index contributed by atoms with van der Waals surface area (Å²) in [6.45, 7) is 0.714. The first-order valence-electron chi connectivity index (χ1n) is 10.8. The zero-order valence-corrected chi connectivity index (χ0v) is 18.9. The van der Waals surface area contributed by atoms with Crippen molar-refractivity contribution in [3.63, 3.8) is 0 Å². The lowest BCUT2D eigenvalue weighted by Crippen LogP contribution is -2.43. The maximum absolute atomic E-state index is 12.8. The Balaban J connectivity index is 1.65. The van der Waals surface area contributed by atoms with Crippen LogP contribution in [0.2, 0.25) is 0 Å². The molecule has 12 nitrogen and oxygen atoms in total. The minimum atomic E-state index is -1.40. The first-order chi connectivity index (χ1) is 17.3. The normalized spacial score (nSPS) is 20.9. The van der Waals surface area contributed by atoms with Gasteiger partial charge in [-0.2, -0.15) is 9.78 Å². The Bertz CT molecular complexity index is 1350. The largest absolute Gasteiger partial charge is 0.459 e. The summed E-state index contributed by atoms with van der Waals surface area (Å²) in [5, 5.41) is 3.76. The van der Waals surface area contributed by atoms with Crippen LogP contribution in [0, 0.1) is 0 Å². The van der Waals surface area contributed by atoms with E-state index in [1.165, 1.54) is 12.1 Å². The number of carbonyl (C=O) groups is 3. The summed E-state index contributed by atoms with van der Waals surface area (Å²) in [4.78, 5) is 63.1. The number of nitrogens with one attached hydrogen (secondary N) is 1. The standard InChI is InChI=1S/C24H21N3O9/c1-14(28)34-20-19(36-23(31)16-10-6-3-7-11-16)17(13-33-22(30)15-8-4-2-5-9-15)35-21(20)27-24(32)26-18(29)12-25-27/h2-12,17,19-21H,13H2,1H3,(H,26,29,32)/t17-,19+,20-,21-/m1/s1. The van der Waals surface area contributed by atoms with E-state index in [0.29, 0.717) is 0 Å². The molecule has 0 aliphatic carbocycles. The molecule has 0 bridgehead atoms. The Morgan fingerprint density at radius 3 is 2.11 bits per heavy atom. The smallest absolute Gasteiger partial charge is 0.347 e. The van der Waals surface area contributed by atoms with Crippen LogP contribution in [0.15, 0.2) is 76.4 Å². The van der Waals surface area contributed by atoms with E-state index in [-0.39, 0.29) is 11.1 Å². The topological polar surface area (TPSA) is 156 Å². The third kappa shape index (κ3) is 5.55. The molecule has 1 N–H and O–H groups in total. The van der Waals surface area contributed by atoms with Gasteiger partial charge in [-0.25, -0.2) is 14.4 Å². The molecule has 3 aromatic rings. The van der Waals surface area contributed by atoms with E-state index < -0.39 is 60.3 Å². The molecule has 1 saturated heterocycles. The number of carbonyl (C=O) groups excluding carboxylic acids is 3. The van der Waals surface area contributed by atoms with Crippen LogP contribution in [0.1, 0.15) is 33.9 Å². The Morgan fingerprint density at radius 1 is 0.917 bits per heavy atom. The number of H-pyrrole nitrogens is 1. The van der Waals surface area contributed by atoms with E-state index in [0.717, 1.165) is 17.8 Å². The lowest BCUT2D eigenvalue weighted by Gasteiger charge is -2.24. The molecule has 36 heavy (non-hydrogen) atoms. The van der Waals surface area contributed by atoms with Crippen LogP contribution in [0.3, 0.4) is 0 Å². The van der Waals surface area contributed by atoms with Crippen molar-refractivity contribution in [2.45, 2.75) is 31.5 Å². The van der Waals surface area contributed by atoms with Crippen molar-refractivity contribution >= 4 is 17.9 Å². The molecule has 4 rings (SSSR count). The molecule has 1 fully saturated rings. The molecular formula is C24H21N3O9. The number of aromatic nitrogens is 3. The summed E-state index contributed by atoms with van der Waals surface area (Å²) < 4.78 is 23.0. The van der Waals surface area contributed by atoms with Crippen LogP contribution in [0.5, 0.6) is 0 Å². The van der Waals surface area contributed by atoms with E-state index >= 15 is 0 Å². The summed E-state index contributed by atoms with van der Waals surface area (Å²) in [6, 6.07) is 16.2. The predicted octanol–water partition coefficient (Wildman–Crippen LogP) is 0.843. The third-order valence-electron chi connectivity index (χ3n) is 5.21. The molecule has 1 aliphatic heterocycles. The van der Waals surface area contributed by atoms with Gasteiger partial charge in [-0.05, 0) is 24.3 Å². The fourth-order valence-corrected chi connectivity index (χ4v) is 3.62. The molecule has 186 valence electrons. The summed E-state index contributed by atoms with van der Waals surface area (Å²) in [5.74, 6) is -2.18. The van der Waals surface area contributed by atoms with Gasteiger partial charge in [-0.1, -0.05) is 36.4 Å². The first kappa shape index (κ1) is 24.5. The number of ether oxygens (including phenoxy) is 4. The molecule has 0 unspecified atom stereocenters. The summed E-state index contributed by atoms with van der Waals surface area (Å²) >= 11 is 0. The van der Waals surface area contributed by atoms with E-state index in [9.17, 15) is 24.0 Å². The van der Waals surface area contributed by atoms with Gasteiger partial charge in [0.05, 0.1) is 11.1 Å². The molecule has 0 radical (unpaired) electrons. The minimum absolute atomic E-state index is 0.210. The van der Waals surface area contributed by atoms with Crippen molar-refractivity contribution in [1.82, 2.24) is 14.8 Å². The van der Waals surface area contributed by atoms with Crippen molar-refractivity contribution in [3.05, 3.63) is 98.8 Å². The summed E-state index contributed by atoms with van der Waals surface area (Å²) in [7, 11) is 0. The van der Waals surface area contributed by atoms with Gasteiger partial charge in [-0.15, -0.1) is 0 Å². The molecule has 1 aromatic heterocycles. The van der Waals surface area contributed by atoms with E-state index in [4.69, 9.17) is 18.9 Å². The minimum Gasteiger partial charge on any atom is -0.459 e. The Hall–Kier alpha value is -4.58. The second-order valence-corrected chi connectivity index (χ2v) is 7.72. The van der Waals surface area contributed by atoms with Crippen LogP contribution >= 0.6 is 0 Å². The molecule has 1 aliphatic rings. The van der Waals surface area contributed by atoms with E-state index in [1.54, 1.807) is 48.5 Å². The zero-order valence-electron chi connectivity index (χ0n) is 18.9. The first-order valence-corrected chi connectivity index (χ1v) is 10.8. The van der Waals surface area contributed by atoms with Gasteiger partial charge >= 0.3 is 23.6 Å². The quantitative estimate of drug-likeness (QED) is 0.368. The van der Waals surface area contributed by atoms with Crippen molar-refractivity contribution in [2.75, 3.05) is 6.61 Å². The molecule has 2 aromatic carbocycles. The Morgan fingerprint density at radius 2 is 1.53 bits per heavy atom. The van der Waals surface area contributed by atoms with Crippen LogP contribution < -0.4 is 11.2 Å². The molecule has 2 heterocycles. The van der Waals surface area contributed by atoms with E-state index in [1.807, 2.05) is 4.98 Å². The fourth-order valence-electron chi connectivity index (χ4n) is 3.62. The number of aromatic amines is 1. The zero-order chi connectivity index (χ0) is 25.7. The van der Waals surface area contributed by atoms with Gasteiger partial charge in [0.15, 0.2) is 18.4 Å². The molecule has 12 heteroatoms. The number of esters is 3. The fraction of sp³-hybridized carbons (Fsp3) is 0.250. The summed E-state index contributed by atoms with van der Waals surface area (Å²) in [6.07, 6.45) is -4.36. The van der Waals surface area contributed by atoms with Gasteiger partial charge in [0, 0.05) is 6.92 Å². The number of rotatable bonds is 7. The van der Waals surface area contributed by atoms with Gasteiger partial charge in [0.25, 0.3) is 5.56 Å². The van der Waals surface area contributed by atoms with Gasteiger partial charge in [-0.3, -0.25) is 14.6 Å². The predicted molar refractivity (Wildman–Crippen MR) is 121 cm³/mol. The lowest BCUT2D eigenvalue weighted by molar-refractivity contribution is -0.156. The monoisotopic (exact) mass is 495 g/mol. The highest BCUT2D eigenvalue weighted by Gasteiger charge is 2.51. The maximum atomic E-state index is 12.8. The molecule has 0 amide bonds. The highest BCUT2D eigenvalue weighted by Crippen LogP contribution is 2.33. The van der Waals surface area contributed by atoms with E-state index in [2.05, 4.69) is 5.10 Å². The SMILES string of the molecule is CC(=O)O[C@@H]1[C@@H](OC(=O)c2ccccc2)[C@@H](COC(=O)c2ccccc2)O[C@H]1n1ncc(=O)[nH]c1=O. The number of hydrogen-bond acceptors (Lipinski definition) is 10. The van der Waals surface area contributed by atoms with Crippen molar-refractivity contribution < 1.29 is 33.3 Å². The van der Waals surface area contributed by atoms with Crippen LogP contribution in [-0.4, -0.2) is 57.6 Å². The van der Waals surface area contributed by atoms with Crippen LogP contribution in [0.4, 0.5) is 0 Å². The number of benzene rings is 2. The molecule has 0 spiro atoms. The number of nitrogens with zero attached hydrogens (tertiary/aromatic N) is 2. The maximum Gasteiger partial charge on any atom is 0.347 e. The second kappa shape index (κ2) is 10.8. The van der Waals surface area contributed by atoms with Gasteiger partial charge in [0.2, 0.25) is 0 Å². The van der Waals surface area contributed by atoms with Crippen LogP contribution in [-0.2, 0) is 23.7 Å². The highest BCUT2D eigenvalue weighted by atomic mass is 16.7. The van der Waals surface area contributed by atoms with Crippen molar-refractivity contribution in [3.8, 4) is 0 Å². The molecular weight excluding hydrogens is 474 g/mol. The third-order valence-corrected chi connectivity index (χ3v) is 5.21. The summed E-state index contributed by atoms with van der Waals surface area (Å²) in [5.41, 5.74) is -1.21. The Labute approximate surface area is 203 Å². The van der Waals surface area contributed by atoms with Gasteiger partial charge in [0.1, 0.15) is 18.9 Å². The second-order valence-electron chi connectivity index (χ2n) is 7.72. The highest BCUT2D eigenvalue weighted by molar-refractivity contribution is 5.90. The lowest BCUT2D eigenvalue weighted by atomic mass is 10.1. The molecule has 4 atom stereocenters.